The van der Waals surface area contributed by atoms with Gasteiger partial charge in [0, 0.05) is 25.1 Å². The van der Waals surface area contributed by atoms with Crippen LogP contribution in [0.3, 0.4) is 0 Å². The number of aromatic nitrogens is 1. The Morgan fingerprint density at radius 2 is 1.85 bits per heavy atom. The molecule has 1 saturated heterocycles. The van der Waals surface area contributed by atoms with Crippen LogP contribution in [0.25, 0.3) is 0 Å². The van der Waals surface area contributed by atoms with E-state index >= 15 is 0 Å². The Morgan fingerprint density at radius 1 is 1.09 bits per heavy atom. The van der Waals surface area contributed by atoms with Crippen molar-refractivity contribution >= 4 is 17.6 Å². The minimum absolute atomic E-state index is 0.123. The summed E-state index contributed by atoms with van der Waals surface area (Å²) < 4.78 is 0. The lowest BCUT2D eigenvalue weighted by Gasteiger charge is -2.63. The summed E-state index contributed by atoms with van der Waals surface area (Å²) in [4.78, 5) is 29.9. The zero-order chi connectivity index (χ0) is 23.9. The van der Waals surface area contributed by atoms with Gasteiger partial charge in [-0.15, -0.1) is 0 Å². The molecule has 6 rings (SSSR count). The summed E-state index contributed by atoms with van der Waals surface area (Å²) in [6, 6.07) is 2.47. The maximum absolute atomic E-state index is 13.1. The molecule has 2 amide bonds. The first-order valence-electron chi connectivity index (χ1n) is 13.7. The highest BCUT2D eigenvalue weighted by atomic mass is 16.2. The first-order chi connectivity index (χ1) is 16.1. The number of hydrogen-bond donors (Lipinski definition) is 2. The summed E-state index contributed by atoms with van der Waals surface area (Å²) in [6.45, 7) is 9.06. The Bertz CT molecular complexity index is 1030. The lowest BCUT2D eigenvalue weighted by Crippen LogP contribution is -2.65. The molecule has 1 aromatic heterocycles. The second-order valence-corrected chi connectivity index (χ2v) is 13.2. The predicted octanol–water partition coefficient (Wildman–Crippen LogP) is 5.55. The van der Waals surface area contributed by atoms with Gasteiger partial charge in [0.05, 0.1) is 0 Å². The van der Waals surface area contributed by atoms with Crippen LogP contribution in [-0.2, 0) is 9.59 Å². The smallest absolute Gasteiger partial charge is 0.225 e. The van der Waals surface area contributed by atoms with Crippen LogP contribution in [0.5, 0.6) is 0 Å². The predicted molar refractivity (Wildman–Crippen MR) is 133 cm³/mol. The van der Waals surface area contributed by atoms with E-state index < -0.39 is 0 Å². The highest BCUT2D eigenvalue weighted by Crippen LogP contribution is 2.72. The number of nitrogens with one attached hydrogen (secondary N) is 2. The molecule has 1 aliphatic heterocycles. The van der Waals surface area contributed by atoms with Gasteiger partial charge in [0.15, 0.2) is 0 Å². The van der Waals surface area contributed by atoms with E-state index in [9.17, 15) is 9.59 Å². The van der Waals surface area contributed by atoms with E-state index in [-0.39, 0.29) is 22.6 Å². The molecule has 5 heteroatoms. The SMILES string of the molecule is Cc1cnc(NC(=O)C[C@H]2CC[C@H]3C4CC5(CC5)C5NC(=O)CC[C@]5(C)C4CC[C@]23C)c(C)c1. The molecule has 0 aromatic carbocycles. The lowest BCUT2D eigenvalue weighted by atomic mass is 9.44. The van der Waals surface area contributed by atoms with Crippen molar-refractivity contribution < 1.29 is 9.59 Å². The zero-order valence-electron chi connectivity index (χ0n) is 21.4. The molecule has 184 valence electrons. The molecule has 1 spiro atoms. The van der Waals surface area contributed by atoms with Gasteiger partial charge in [0.2, 0.25) is 11.8 Å². The van der Waals surface area contributed by atoms with Crippen molar-refractivity contribution in [1.29, 1.82) is 0 Å². The van der Waals surface area contributed by atoms with Crippen molar-refractivity contribution in [2.24, 2.45) is 39.9 Å². The van der Waals surface area contributed by atoms with Gasteiger partial charge in [-0.3, -0.25) is 9.59 Å². The molecule has 3 unspecified atom stereocenters. The summed E-state index contributed by atoms with van der Waals surface area (Å²) in [5, 5.41) is 6.60. The molecule has 2 heterocycles. The molecule has 0 bridgehead atoms. The number of piperidine rings is 1. The fourth-order valence-corrected chi connectivity index (χ4v) is 9.51. The molecule has 7 atom stereocenters. The van der Waals surface area contributed by atoms with Gasteiger partial charge in [-0.25, -0.2) is 4.98 Å². The Balaban J connectivity index is 1.20. The molecule has 4 aliphatic carbocycles. The standard InChI is InChI=1S/C29H41N3O2/c1-17-13-18(2)25(30-16-17)31-24(34)14-19-5-6-21-20-15-29(11-12-29)26-28(4,10-8-23(33)32-26)22(20)7-9-27(19,21)3/h13,16,19-22,26H,5-12,14-15H2,1-4H3,(H,32,33)(H,30,31,34)/t19-,20?,21+,22?,26?,27-,28-/m1/s1. The number of rotatable bonds is 3. The Kier molecular flexibility index (Phi) is 5.00. The van der Waals surface area contributed by atoms with E-state index in [0.717, 1.165) is 35.3 Å². The van der Waals surface area contributed by atoms with Crippen molar-refractivity contribution in [3.63, 3.8) is 0 Å². The molecular weight excluding hydrogens is 422 g/mol. The first-order valence-corrected chi connectivity index (χ1v) is 13.7. The number of hydrogen-bond acceptors (Lipinski definition) is 3. The van der Waals surface area contributed by atoms with Gasteiger partial charge in [-0.2, -0.15) is 0 Å². The third kappa shape index (κ3) is 3.28. The van der Waals surface area contributed by atoms with Crippen molar-refractivity contribution in [2.45, 2.75) is 97.9 Å². The highest BCUT2D eigenvalue weighted by Gasteiger charge is 2.68. The quantitative estimate of drug-likeness (QED) is 0.617. The lowest BCUT2D eigenvalue weighted by molar-refractivity contribution is -0.147. The van der Waals surface area contributed by atoms with Crippen LogP contribution in [0.1, 0.15) is 89.2 Å². The van der Waals surface area contributed by atoms with Gasteiger partial charge in [0.25, 0.3) is 0 Å². The largest absolute Gasteiger partial charge is 0.352 e. The molecule has 5 nitrogen and oxygen atoms in total. The Morgan fingerprint density at radius 3 is 2.59 bits per heavy atom. The van der Waals surface area contributed by atoms with Crippen molar-refractivity contribution in [3.05, 3.63) is 23.4 Å². The summed E-state index contributed by atoms with van der Waals surface area (Å²) >= 11 is 0. The number of fused-ring (bicyclic) bond motifs is 6. The maximum atomic E-state index is 13.1. The van der Waals surface area contributed by atoms with Gasteiger partial charge in [0.1, 0.15) is 5.82 Å². The molecule has 1 aromatic rings. The molecule has 5 fully saturated rings. The summed E-state index contributed by atoms with van der Waals surface area (Å²) in [5.41, 5.74) is 3.01. The fourth-order valence-electron chi connectivity index (χ4n) is 9.51. The summed E-state index contributed by atoms with van der Waals surface area (Å²) in [6.07, 6.45) is 13.0. The second kappa shape index (κ2) is 7.54. The molecule has 5 aliphatic rings. The minimum atomic E-state index is 0.123. The van der Waals surface area contributed by atoms with E-state index in [1.807, 2.05) is 20.0 Å². The molecule has 4 saturated carbocycles. The normalized spacial score (nSPS) is 41.8. The van der Waals surface area contributed by atoms with Gasteiger partial charge in [-0.1, -0.05) is 19.9 Å². The van der Waals surface area contributed by atoms with Crippen LogP contribution in [-0.4, -0.2) is 22.8 Å². The zero-order valence-corrected chi connectivity index (χ0v) is 21.4. The fraction of sp³-hybridized carbons (Fsp3) is 0.759. The minimum Gasteiger partial charge on any atom is -0.352 e. The second-order valence-electron chi connectivity index (χ2n) is 13.2. The van der Waals surface area contributed by atoms with E-state index in [1.165, 1.54) is 44.9 Å². The Hall–Kier alpha value is -1.91. The van der Waals surface area contributed by atoms with Gasteiger partial charge < -0.3 is 10.6 Å². The van der Waals surface area contributed by atoms with Crippen LogP contribution in [0.2, 0.25) is 0 Å². The monoisotopic (exact) mass is 463 g/mol. The molecular formula is C29H41N3O2. The number of carbonyl (C=O) groups is 2. The third-order valence-corrected chi connectivity index (χ3v) is 11.4. The van der Waals surface area contributed by atoms with Crippen LogP contribution < -0.4 is 10.6 Å². The number of pyridine rings is 1. The van der Waals surface area contributed by atoms with E-state index in [4.69, 9.17) is 0 Å². The number of amides is 2. The van der Waals surface area contributed by atoms with Gasteiger partial charge in [-0.05, 0) is 116 Å². The van der Waals surface area contributed by atoms with E-state index in [1.54, 1.807) is 0 Å². The van der Waals surface area contributed by atoms with Crippen molar-refractivity contribution in [3.8, 4) is 0 Å². The van der Waals surface area contributed by atoms with Crippen molar-refractivity contribution in [2.75, 3.05) is 5.32 Å². The maximum Gasteiger partial charge on any atom is 0.225 e. The van der Waals surface area contributed by atoms with E-state index in [0.29, 0.717) is 36.0 Å². The Labute approximate surface area is 204 Å². The topological polar surface area (TPSA) is 71.1 Å². The number of carbonyl (C=O) groups excluding carboxylic acids is 2. The van der Waals surface area contributed by atoms with Crippen molar-refractivity contribution in [1.82, 2.24) is 10.3 Å². The van der Waals surface area contributed by atoms with Crippen LogP contribution >= 0.6 is 0 Å². The molecule has 2 N–H and O–H groups in total. The van der Waals surface area contributed by atoms with Crippen LogP contribution in [0.15, 0.2) is 12.3 Å². The third-order valence-electron chi connectivity index (χ3n) is 11.4. The van der Waals surface area contributed by atoms with Gasteiger partial charge >= 0.3 is 0 Å². The molecule has 34 heavy (non-hydrogen) atoms. The first kappa shape index (κ1) is 22.5. The summed E-state index contributed by atoms with van der Waals surface area (Å²) in [5.74, 6) is 3.75. The highest BCUT2D eigenvalue weighted by molar-refractivity contribution is 5.90. The molecule has 0 radical (unpaired) electrons. The van der Waals surface area contributed by atoms with Crippen LogP contribution in [0, 0.1) is 53.8 Å². The van der Waals surface area contributed by atoms with Crippen LogP contribution in [0.4, 0.5) is 5.82 Å². The number of anilines is 1. The number of nitrogens with zero attached hydrogens (tertiary/aromatic N) is 1. The average Bonchev–Trinajstić information content (AvgIpc) is 3.47. The summed E-state index contributed by atoms with van der Waals surface area (Å²) in [7, 11) is 0. The van der Waals surface area contributed by atoms with E-state index in [2.05, 4.69) is 35.5 Å². The number of aryl methyl sites for hydroxylation is 2. The average molecular weight is 464 g/mol.